The number of benzene rings is 1. The lowest BCUT2D eigenvalue weighted by Gasteiger charge is -2.04. The highest BCUT2D eigenvalue weighted by molar-refractivity contribution is 5.92. The van der Waals surface area contributed by atoms with Crippen molar-refractivity contribution in [2.75, 3.05) is 14.2 Å². The Balaban J connectivity index is 2.83. The van der Waals surface area contributed by atoms with Crippen molar-refractivity contribution in [3.8, 4) is 0 Å². The summed E-state index contributed by atoms with van der Waals surface area (Å²) in [7, 11) is 2.84. The Morgan fingerprint density at radius 2 is 1.84 bits per heavy atom. The molecule has 1 aromatic rings. The van der Waals surface area contributed by atoms with Crippen molar-refractivity contribution in [1.82, 2.24) is 0 Å². The van der Waals surface area contributed by atoms with Crippen molar-refractivity contribution in [2.24, 2.45) is 0 Å². The van der Waals surface area contributed by atoms with Gasteiger partial charge in [-0.15, -0.1) is 0 Å². The maximum Gasteiger partial charge on any atom is 0.341 e. The minimum Gasteiger partial charge on any atom is -0.503 e. The fourth-order valence-electron chi connectivity index (χ4n) is 1.49. The van der Waals surface area contributed by atoms with Gasteiger partial charge in [0.1, 0.15) is 0 Å². The van der Waals surface area contributed by atoms with Crippen LogP contribution >= 0.6 is 0 Å². The molecule has 0 atom stereocenters. The van der Waals surface area contributed by atoms with Gasteiger partial charge >= 0.3 is 5.97 Å². The molecule has 0 amide bonds. The van der Waals surface area contributed by atoms with Crippen LogP contribution in [0.2, 0.25) is 0 Å². The summed E-state index contributed by atoms with van der Waals surface area (Å²) in [5.41, 5.74) is 2.28. The number of carbonyl (C=O) groups is 1. The average Bonchev–Trinajstić information content (AvgIpc) is 2.45. The Labute approximate surface area is 113 Å². The van der Waals surface area contributed by atoms with Crippen molar-refractivity contribution in [3.05, 3.63) is 65.5 Å². The summed E-state index contributed by atoms with van der Waals surface area (Å²) >= 11 is 0. The molecule has 0 aliphatic carbocycles. The third kappa shape index (κ3) is 4.84. The summed E-state index contributed by atoms with van der Waals surface area (Å²) in [6.45, 7) is 1.83. The van der Waals surface area contributed by atoms with E-state index < -0.39 is 5.97 Å². The molecule has 0 unspecified atom stereocenters. The summed E-state index contributed by atoms with van der Waals surface area (Å²) in [6.07, 6.45) is 7.07. The molecule has 0 heterocycles. The van der Waals surface area contributed by atoms with Crippen LogP contribution in [-0.2, 0) is 14.3 Å². The van der Waals surface area contributed by atoms with Crippen LogP contribution in [0.15, 0.2) is 59.9 Å². The molecule has 0 aliphatic heterocycles. The first kappa shape index (κ1) is 14.8. The van der Waals surface area contributed by atoms with Gasteiger partial charge in [0.05, 0.1) is 26.1 Å². The number of methoxy groups -OCH3 is 2. The molecule has 0 aliphatic rings. The van der Waals surface area contributed by atoms with Gasteiger partial charge in [-0.3, -0.25) is 0 Å². The summed E-state index contributed by atoms with van der Waals surface area (Å²) < 4.78 is 9.58. The number of hydrogen-bond acceptors (Lipinski definition) is 3. The lowest BCUT2D eigenvalue weighted by Crippen LogP contribution is -2.06. The van der Waals surface area contributed by atoms with Crippen LogP contribution in [0.4, 0.5) is 0 Å². The maximum absolute atomic E-state index is 11.5. The highest BCUT2D eigenvalue weighted by Gasteiger charge is 2.11. The van der Waals surface area contributed by atoms with Gasteiger partial charge in [0, 0.05) is 0 Å². The van der Waals surface area contributed by atoms with Crippen LogP contribution in [-0.4, -0.2) is 20.2 Å². The Morgan fingerprint density at radius 1 is 1.16 bits per heavy atom. The monoisotopic (exact) mass is 258 g/mol. The van der Waals surface area contributed by atoms with E-state index in [2.05, 4.69) is 0 Å². The molecule has 0 saturated carbocycles. The van der Waals surface area contributed by atoms with Gasteiger partial charge in [-0.2, -0.15) is 0 Å². The smallest absolute Gasteiger partial charge is 0.341 e. The van der Waals surface area contributed by atoms with Crippen LogP contribution in [0.25, 0.3) is 6.08 Å². The van der Waals surface area contributed by atoms with E-state index in [1.54, 1.807) is 0 Å². The van der Waals surface area contributed by atoms with E-state index in [9.17, 15) is 4.79 Å². The lowest BCUT2D eigenvalue weighted by atomic mass is 10.1. The fraction of sp³-hybridized carbons (Fsp3) is 0.188. The number of rotatable bonds is 5. The van der Waals surface area contributed by atoms with Crippen LogP contribution in [0, 0.1) is 0 Å². The molecular formula is C16H18O3. The summed E-state index contributed by atoms with van der Waals surface area (Å²) in [4.78, 5) is 11.5. The number of carbonyl (C=O) groups excluding carboxylic acids is 1. The molecule has 1 rings (SSSR count). The van der Waals surface area contributed by atoms with Crippen LogP contribution in [0.3, 0.4) is 0 Å². The van der Waals surface area contributed by atoms with Gasteiger partial charge in [-0.05, 0) is 18.1 Å². The van der Waals surface area contributed by atoms with Crippen molar-refractivity contribution in [2.45, 2.75) is 6.92 Å². The number of esters is 1. The minimum atomic E-state index is -0.413. The van der Waals surface area contributed by atoms with Gasteiger partial charge in [-0.1, -0.05) is 48.6 Å². The topological polar surface area (TPSA) is 35.5 Å². The molecule has 0 fully saturated rings. The fourth-order valence-corrected chi connectivity index (χ4v) is 1.49. The van der Waals surface area contributed by atoms with E-state index in [1.165, 1.54) is 20.5 Å². The number of ether oxygens (including phenoxy) is 2. The van der Waals surface area contributed by atoms with Gasteiger partial charge in [-0.25, -0.2) is 4.79 Å². The Morgan fingerprint density at radius 3 is 2.42 bits per heavy atom. The summed E-state index contributed by atoms with van der Waals surface area (Å²) in [5, 5.41) is 0. The first-order valence-corrected chi connectivity index (χ1v) is 5.90. The zero-order valence-electron chi connectivity index (χ0n) is 11.4. The minimum absolute atomic E-state index is 0.405. The second-order valence-electron chi connectivity index (χ2n) is 3.88. The zero-order valence-corrected chi connectivity index (χ0v) is 11.4. The molecule has 1 aromatic carbocycles. The first-order chi connectivity index (χ1) is 9.19. The predicted octanol–water partition coefficient (Wildman–Crippen LogP) is 3.35. The van der Waals surface area contributed by atoms with E-state index in [4.69, 9.17) is 9.47 Å². The molecule has 100 valence electrons. The molecule has 3 heteroatoms. The van der Waals surface area contributed by atoms with Crippen LogP contribution < -0.4 is 0 Å². The SMILES string of the molecule is CO/C=C(C(=O)OC)/C(C)=C\C=C\c1ccccc1. The van der Waals surface area contributed by atoms with E-state index in [1.807, 2.05) is 55.5 Å². The second kappa shape index (κ2) is 7.93. The molecule has 0 aromatic heterocycles. The standard InChI is InChI=1S/C16H18O3/c1-13(15(12-18-2)16(17)19-3)8-7-11-14-9-5-4-6-10-14/h4-12H,1-3H3/b11-7+,13-8-,15-12-. The van der Waals surface area contributed by atoms with Crippen molar-refractivity contribution >= 4 is 12.0 Å². The largest absolute Gasteiger partial charge is 0.503 e. The summed E-state index contributed by atoms with van der Waals surface area (Å²) in [5.74, 6) is -0.413. The third-order valence-electron chi connectivity index (χ3n) is 2.50. The molecule has 0 bridgehead atoms. The van der Waals surface area contributed by atoms with E-state index in [0.29, 0.717) is 5.57 Å². The maximum atomic E-state index is 11.5. The van der Waals surface area contributed by atoms with E-state index >= 15 is 0 Å². The number of hydrogen-bond donors (Lipinski definition) is 0. The Kier molecular flexibility index (Phi) is 6.16. The molecule has 0 saturated heterocycles. The van der Waals surface area contributed by atoms with Gasteiger partial charge < -0.3 is 9.47 Å². The molecular weight excluding hydrogens is 240 g/mol. The predicted molar refractivity (Wildman–Crippen MR) is 76.3 cm³/mol. The Bertz CT molecular complexity index is 496. The zero-order chi connectivity index (χ0) is 14.1. The quantitative estimate of drug-likeness (QED) is 0.351. The third-order valence-corrected chi connectivity index (χ3v) is 2.50. The second-order valence-corrected chi connectivity index (χ2v) is 3.88. The van der Waals surface area contributed by atoms with E-state index in [-0.39, 0.29) is 0 Å². The van der Waals surface area contributed by atoms with Crippen LogP contribution in [0.1, 0.15) is 12.5 Å². The highest BCUT2D eigenvalue weighted by Crippen LogP contribution is 2.12. The Hall–Kier alpha value is -2.29. The molecule has 0 radical (unpaired) electrons. The van der Waals surface area contributed by atoms with Crippen molar-refractivity contribution in [1.29, 1.82) is 0 Å². The average molecular weight is 258 g/mol. The normalized spacial score (nSPS) is 12.6. The summed E-state index contributed by atoms with van der Waals surface area (Å²) in [6, 6.07) is 9.93. The molecule has 0 spiro atoms. The lowest BCUT2D eigenvalue weighted by molar-refractivity contribution is -0.135. The first-order valence-electron chi connectivity index (χ1n) is 5.90. The highest BCUT2D eigenvalue weighted by atomic mass is 16.5. The molecule has 0 N–H and O–H groups in total. The van der Waals surface area contributed by atoms with Crippen molar-refractivity contribution in [3.63, 3.8) is 0 Å². The van der Waals surface area contributed by atoms with Gasteiger partial charge in [0.15, 0.2) is 0 Å². The molecule has 3 nitrogen and oxygen atoms in total. The van der Waals surface area contributed by atoms with E-state index in [0.717, 1.165) is 11.1 Å². The van der Waals surface area contributed by atoms with Gasteiger partial charge in [0.2, 0.25) is 0 Å². The van der Waals surface area contributed by atoms with Gasteiger partial charge in [0.25, 0.3) is 0 Å². The van der Waals surface area contributed by atoms with Crippen LogP contribution in [0.5, 0.6) is 0 Å². The van der Waals surface area contributed by atoms with Crippen molar-refractivity contribution < 1.29 is 14.3 Å². The molecule has 19 heavy (non-hydrogen) atoms. The number of allylic oxidation sites excluding steroid dienone is 2.